The quantitative estimate of drug-likeness (QED) is 0.288. The number of anilines is 1. The summed E-state index contributed by atoms with van der Waals surface area (Å²) in [5.74, 6) is 0.173. The smallest absolute Gasteiger partial charge is 0.277 e. The maximum absolute atomic E-state index is 14.0. The van der Waals surface area contributed by atoms with Crippen molar-refractivity contribution in [2.24, 2.45) is 0 Å². The fourth-order valence-electron chi connectivity index (χ4n) is 3.61. The van der Waals surface area contributed by atoms with Crippen molar-refractivity contribution in [2.75, 3.05) is 5.32 Å². The average Bonchev–Trinajstić information content (AvgIpc) is 3.56. The Hall–Kier alpha value is -4.43. The SMILES string of the molecule is O=C(Nc1ccn(Cc2c(F)cccc2Cl)n1)c1ccn(COc2ccc(-c3ccccc3)cc2)n1. The third-order valence-corrected chi connectivity index (χ3v) is 5.82. The molecule has 0 aliphatic heterocycles. The van der Waals surface area contributed by atoms with Crippen LogP contribution < -0.4 is 10.1 Å². The topological polar surface area (TPSA) is 74.0 Å². The van der Waals surface area contributed by atoms with Gasteiger partial charge in [0.05, 0.1) is 6.54 Å². The molecular weight excluding hydrogens is 481 g/mol. The summed E-state index contributed by atoms with van der Waals surface area (Å²) >= 11 is 6.08. The lowest BCUT2D eigenvalue weighted by molar-refractivity contribution is 0.101. The molecular formula is C27H21ClFN5O2. The summed E-state index contributed by atoms with van der Waals surface area (Å²) in [7, 11) is 0. The zero-order chi connectivity index (χ0) is 24.9. The van der Waals surface area contributed by atoms with Crippen molar-refractivity contribution < 1.29 is 13.9 Å². The van der Waals surface area contributed by atoms with Gasteiger partial charge < -0.3 is 10.1 Å². The maximum atomic E-state index is 14.0. The van der Waals surface area contributed by atoms with Crippen LogP contribution in [0.25, 0.3) is 11.1 Å². The lowest BCUT2D eigenvalue weighted by atomic mass is 10.1. The standard InChI is InChI=1S/C27H21ClFN5O2/c28-23-7-4-8-24(29)22(23)17-33-16-14-26(32-33)30-27(35)25-13-15-34(31-25)18-36-21-11-9-20(10-12-21)19-5-2-1-3-6-19/h1-16H,17-18H2,(H,30,32,35). The van der Waals surface area contributed by atoms with Crippen LogP contribution in [-0.4, -0.2) is 25.5 Å². The monoisotopic (exact) mass is 501 g/mol. The van der Waals surface area contributed by atoms with Crippen molar-refractivity contribution in [3.05, 3.63) is 119 Å². The van der Waals surface area contributed by atoms with Gasteiger partial charge in [-0.1, -0.05) is 60.1 Å². The molecule has 0 atom stereocenters. The minimum atomic E-state index is -0.421. The molecule has 0 spiro atoms. The Balaban J connectivity index is 1.16. The molecule has 3 aromatic carbocycles. The molecule has 0 radical (unpaired) electrons. The normalized spacial score (nSPS) is 10.8. The van der Waals surface area contributed by atoms with Gasteiger partial charge in [0.25, 0.3) is 5.91 Å². The van der Waals surface area contributed by atoms with Gasteiger partial charge in [-0.2, -0.15) is 10.2 Å². The summed E-state index contributed by atoms with van der Waals surface area (Å²) in [6, 6.07) is 25.6. The molecule has 1 N–H and O–H groups in total. The first-order valence-electron chi connectivity index (χ1n) is 11.1. The second-order valence-electron chi connectivity index (χ2n) is 7.96. The van der Waals surface area contributed by atoms with Gasteiger partial charge in [0, 0.05) is 29.0 Å². The van der Waals surface area contributed by atoms with E-state index in [0.29, 0.717) is 22.2 Å². The van der Waals surface area contributed by atoms with E-state index in [-0.39, 0.29) is 19.0 Å². The highest BCUT2D eigenvalue weighted by molar-refractivity contribution is 6.31. The Morgan fingerprint density at radius 3 is 2.39 bits per heavy atom. The largest absolute Gasteiger partial charge is 0.471 e. The minimum absolute atomic E-state index is 0.139. The molecule has 5 rings (SSSR count). The van der Waals surface area contributed by atoms with E-state index in [0.717, 1.165) is 11.1 Å². The van der Waals surface area contributed by atoms with Crippen molar-refractivity contribution in [1.29, 1.82) is 0 Å². The Morgan fingerprint density at radius 2 is 1.61 bits per heavy atom. The van der Waals surface area contributed by atoms with Gasteiger partial charge >= 0.3 is 0 Å². The third-order valence-electron chi connectivity index (χ3n) is 5.46. The number of carbonyl (C=O) groups is 1. The van der Waals surface area contributed by atoms with E-state index >= 15 is 0 Å². The molecule has 1 amide bonds. The van der Waals surface area contributed by atoms with Crippen molar-refractivity contribution in [1.82, 2.24) is 19.6 Å². The highest BCUT2D eigenvalue weighted by Crippen LogP contribution is 2.22. The van der Waals surface area contributed by atoms with Gasteiger partial charge in [-0.15, -0.1) is 0 Å². The highest BCUT2D eigenvalue weighted by Gasteiger charge is 2.13. The molecule has 5 aromatic rings. The first-order valence-corrected chi connectivity index (χ1v) is 11.5. The van der Waals surface area contributed by atoms with Gasteiger partial charge in [-0.25, -0.2) is 9.07 Å². The Morgan fingerprint density at radius 1 is 0.861 bits per heavy atom. The van der Waals surface area contributed by atoms with E-state index in [1.54, 1.807) is 36.7 Å². The fourth-order valence-corrected chi connectivity index (χ4v) is 3.83. The van der Waals surface area contributed by atoms with Crippen LogP contribution in [0.4, 0.5) is 10.2 Å². The number of hydrogen-bond acceptors (Lipinski definition) is 4. The predicted molar refractivity (Wildman–Crippen MR) is 135 cm³/mol. The van der Waals surface area contributed by atoms with Crippen molar-refractivity contribution in [3.8, 4) is 16.9 Å². The third kappa shape index (κ3) is 5.45. The van der Waals surface area contributed by atoms with Gasteiger partial charge in [0.1, 0.15) is 11.6 Å². The number of rotatable bonds is 8. The van der Waals surface area contributed by atoms with E-state index in [2.05, 4.69) is 27.6 Å². The number of nitrogens with zero attached hydrogens (tertiary/aromatic N) is 4. The number of nitrogens with one attached hydrogen (secondary N) is 1. The summed E-state index contributed by atoms with van der Waals surface area (Å²) in [5, 5.41) is 11.5. The maximum Gasteiger partial charge on any atom is 0.277 e. The molecule has 2 aromatic heterocycles. The molecule has 0 saturated heterocycles. The highest BCUT2D eigenvalue weighted by atomic mass is 35.5. The van der Waals surface area contributed by atoms with E-state index < -0.39 is 11.7 Å². The molecule has 9 heteroatoms. The molecule has 2 heterocycles. The van der Waals surface area contributed by atoms with E-state index in [4.69, 9.17) is 16.3 Å². The molecule has 7 nitrogen and oxygen atoms in total. The molecule has 0 saturated carbocycles. The predicted octanol–water partition coefficient (Wildman–Crippen LogP) is 5.88. The molecule has 36 heavy (non-hydrogen) atoms. The van der Waals surface area contributed by atoms with Crippen molar-refractivity contribution >= 4 is 23.3 Å². The second-order valence-corrected chi connectivity index (χ2v) is 8.36. The number of ether oxygens (including phenoxy) is 1. The summed E-state index contributed by atoms with van der Waals surface area (Å²) in [6.07, 6.45) is 3.29. The summed E-state index contributed by atoms with van der Waals surface area (Å²) in [4.78, 5) is 12.6. The van der Waals surface area contributed by atoms with E-state index in [1.807, 2.05) is 42.5 Å². The van der Waals surface area contributed by atoms with Crippen LogP contribution in [0.3, 0.4) is 0 Å². The number of halogens is 2. The second kappa shape index (κ2) is 10.5. The number of amides is 1. The average molecular weight is 502 g/mol. The fraction of sp³-hybridized carbons (Fsp3) is 0.0741. The van der Waals surface area contributed by atoms with Crippen LogP contribution in [-0.2, 0) is 13.3 Å². The molecule has 0 bridgehead atoms. The number of hydrogen-bond donors (Lipinski definition) is 1. The van der Waals surface area contributed by atoms with Crippen LogP contribution >= 0.6 is 11.6 Å². The van der Waals surface area contributed by atoms with Crippen LogP contribution in [0.1, 0.15) is 16.1 Å². The van der Waals surface area contributed by atoms with Gasteiger partial charge in [0.15, 0.2) is 18.2 Å². The van der Waals surface area contributed by atoms with Crippen molar-refractivity contribution in [3.63, 3.8) is 0 Å². The summed E-state index contributed by atoms with van der Waals surface area (Å²) in [6.45, 7) is 0.287. The lowest BCUT2D eigenvalue weighted by Crippen LogP contribution is -2.15. The van der Waals surface area contributed by atoms with E-state index in [9.17, 15) is 9.18 Å². The van der Waals surface area contributed by atoms with E-state index in [1.165, 1.54) is 15.4 Å². The van der Waals surface area contributed by atoms with Crippen LogP contribution in [0, 0.1) is 5.82 Å². The van der Waals surface area contributed by atoms with Gasteiger partial charge in [-0.3, -0.25) is 9.48 Å². The summed E-state index contributed by atoms with van der Waals surface area (Å²) < 4.78 is 22.8. The number of carbonyl (C=O) groups excluding carboxylic acids is 1. The molecule has 0 fully saturated rings. The molecule has 0 aliphatic carbocycles. The molecule has 180 valence electrons. The van der Waals surface area contributed by atoms with Crippen molar-refractivity contribution in [2.45, 2.75) is 13.3 Å². The zero-order valence-electron chi connectivity index (χ0n) is 19.0. The minimum Gasteiger partial charge on any atom is -0.471 e. The first kappa shape index (κ1) is 23.3. The Labute approximate surface area is 211 Å². The molecule has 0 aliphatic rings. The molecule has 0 unspecified atom stereocenters. The van der Waals surface area contributed by atoms with Crippen LogP contribution in [0.5, 0.6) is 5.75 Å². The summed E-state index contributed by atoms with van der Waals surface area (Å²) in [5.41, 5.74) is 2.77. The van der Waals surface area contributed by atoms with Crippen LogP contribution in [0.2, 0.25) is 5.02 Å². The number of aromatic nitrogens is 4. The van der Waals surface area contributed by atoms with Crippen LogP contribution in [0.15, 0.2) is 97.3 Å². The number of benzene rings is 3. The first-order chi connectivity index (χ1) is 17.5. The zero-order valence-corrected chi connectivity index (χ0v) is 19.8. The lowest BCUT2D eigenvalue weighted by Gasteiger charge is -2.07. The van der Waals surface area contributed by atoms with Gasteiger partial charge in [0.2, 0.25) is 0 Å². The van der Waals surface area contributed by atoms with Gasteiger partial charge in [-0.05, 0) is 41.5 Å². The Kier molecular flexibility index (Phi) is 6.77. The Bertz CT molecular complexity index is 1460.